The Hall–Kier alpha value is -1.59. The molecule has 1 N–H and O–H groups in total. The van der Waals surface area contributed by atoms with Gasteiger partial charge in [-0.3, -0.25) is 0 Å². The van der Waals surface area contributed by atoms with Crippen LogP contribution in [0.2, 0.25) is 5.02 Å². The van der Waals surface area contributed by atoms with Crippen LogP contribution in [-0.4, -0.2) is 17.2 Å². The normalized spacial score (nSPS) is 10.6. The van der Waals surface area contributed by atoms with E-state index >= 15 is 0 Å². The molecule has 6 heteroatoms. The molecule has 5 nitrogen and oxygen atoms in total. The van der Waals surface area contributed by atoms with E-state index in [0.29, 0.717) is 23.3 Å². The Morgan fingerprint density at radius 1 is 1.39 bits per heavy atom. The van der Waals surface area contributed by atoms with E-state index in [9.17, 15) is 0 Å². The first-order chi connectivity index (χ1) is 8.69. The molecule has 0 unspecified atom stereocenters. The molecular weight excluding hydrogens is 254 g/mol. The summed E-state index contributed by atoms with van der Waals surface area (Å²) in [6.07, 6.45) is 0. The van der Waals surface area contributed by atoms with E-state index in [1.165, 1.54) is 0 Å². The number of nitrogens with zero attached hydrogens (tertiary/aromatic N) is 2. The van der Waals surface area contributed by atoms with Gasteiger partial charge in [0.25, 0.3) is 5.89 Å². The summed E-state index contributed by atoms with van der Waals surface area (Å²) in [4.78, 5) is 0. The zero-order valence-electron chi connectivity index (χ0n) is 10.2. The molecule has 96 valence electrons. The first kappa shape index (κ1) is 12.9. The highest BCUT2D eigenvalue weighted by atomic mass is 35.5. The largest absolute Gasteiger partial charge is 0.483 e. The minimum absolute atomic E-state index is 0.249. The molecule has 0 saturated heterocycles. The minimum atomic E-state index is 0.249. The Bertz CT molecular complexity index is 528. The van der Waals surface area contributed by atoms with E-state index in [4.69, 9.17) is 20.8 Å². The van der Waals surface area contributed by atoms with Gasteiger partial charge in [-0.2, -0.15) is 0 Å². The van der Waals surface area contributed by atoms with Crippen LogP contribution in [0, 0.1) is 6.92 Å². The van der Waals surface area contributed by atoms with E-state index in [2.05, 4.69) is 15.5 Å². The van der Waals surface area contributed by atoms with Gasteiger partial charge in [0.1, 0.15) is 5.75 Å². The molecule has 18 heavy (non-hydrogen) atoms. The smallest absolute Gasteiger partial charge is 0.253 e. The van der Waals surface area contributed by atoms with Crippen LogP contribution in [0.5, 0.6) is 5.75 Å². The molecule has 0 aliphatic heterocycles. The fourth-order valence-electron chi connectivity index (χ4n) is 1.55. The summed E-state index contributed by atoms with van der Waals surface area (Å²) in [6, 6.07) is 5.49. The predicted octanol–water partition coefficient (Wildman–Crippen LogP) is 2.33. The van der Waals surface area contributed by atoms with Gasteiger partial charge >= 0.3 is 0 Å². The number of hydrogen-bond donors (Lipinski definition) is 1. The average molecular weight is 268 g/mol. The average Bonchev–Trinajstić information content (AvgIpc) is 2.75. The van der Waals surface area contributed by atoms with Gasteiger partial charge in [-0.25, -0.2) is 0 Å². The molecule has 1 aromatic carbocycles. The first-order valence-electron chi connectivity index (χ1n) is 5.54. The van der Waals surface area contributed by atoms with Crippen molar-refractivity contribution < 1.29 is 9.15 Å². The van der Waals surface area contributed by atoms with Crippen molar-refractivity contribution in [1.29, 1.82) is 0 Å². The molecule has 0 amide bonds. The van der Waals surface area contributed by atoms with Crippen LogP contribution in [0.3, 0.4) is 0 Å². The van der Waals surface area contributed by atoms with Crippen LogP contribution in [0.1, 0.15) is 17.3 Å². The van der Waals surface area contributed by atoms with Crippen molar-refractivity contribution in [3.63, 3.8) is 0 Å². The topological polar surface area (TPSA) is 60.2 Å². The van der Waals surface area contributed by atoms with Gasteiger partial charge in [0.05, 0.1) is 0 Å². The van der Waals surface area contributed by atoms with Crippen LogP contribution in [0.25, 0.3) is 0 Å². The molecule has 0 spiro atoms. The molecule has 1 heterocycles. The number of ether oxygens (including phenoxy) is 1. The fourth-order valence-corrected chi connectivity index (χ4v) is 1.75. The standard InChI is InChI=1S/C12H14ClN3O2/c1-8-15-16-12(18-8)7-17-11-4-3-10(13)5-9(11)6-14-2/h3-5,14H,6-7H2,1-2H3. The van der Waals surface area contributed by atoms with Crippen LogP contribution in [0.4, 0.5) is 0 Å². The van der Waals surface area contributed by atoms with Crippen molar-refractivity contribution in [3.05, 3.63) is 40.6 Å². The monoisotopic (exact) mass is 267 g/mol. The molecule has 2 rings (SSSR count). The van der Waals surface area contributed by atoms with E-state index in [1.54, 1.807) is 13.0 Å². The zero-order chi connectivity index (χ0) is 13.0. The van der Waals surface area contributed by atoms with Crippen LogP contribution >= 0.6 is 11.6 Å². The Kier molecular flexibility index (Phi) is 4.17. The maximum Gasteiger partial charge on any atom is 0.253 e. The third kappa shape index (κ3) is 3.21. The maximum atomic E-state index is 5.95. The van der Waals surface area contributed by atoms with Crippen molar-refractivity contribution in [1.82, 2.24) is 15.5 Å². The number of aryl methyl sites for hydroxylation is 1. The summed E-state index contributed by atoms with van der Waals surface area (Å²) in [5.41, 5.74) is 0.987. The number of halogens is 1. The second kappa shape index (κ2) is 5.84. The Morgan fingerprint density at radius 3 is 2.89 bits per heavy atom. The summed E-state index contributed by atoms with van der Waals surface area (Å²) in [6.45, 7) is 2.67. The highest BCUT2D eigenvalue weighted by molar-refractivity contribution is 6.30. The van der Waals surface area contributed by atoms with E-state index in [-0.39, 0.29) is 6.61 Å². The van der Waals surface area contributed by atoms with Gasteiger partial charge in [-0.05, 0) is 25.2 Å². The van der Waals surface area contributed by atoms with Crippen molar-refractivity contribution in [2.45, 2.75) is 20.1 Å². The molecule has 0 aliphatic carbocycles. The number of aromatic nitrogens is 2. The second-order valence-electron chi connectivity index (χ2n) is 3.79. The molecule has 0 fully saturated rings. The van der Waals surface area contributed by atoms with Gasteiger partial charge in [-0.1, -0.05) is 11.6 Å². The van der Waals surface area contributed by atoms with Crippen molar-refractivity contribution in [3.8, 4) is 5.75 Å². The SMILES string of the molecule is CNCc1cc(Cl)ccc1OCc1nnc(C)o1. The molecule has 1 aromatic heterocycles. The number of benzene rings is 1. The van der Waals surface area contributed by atoms with Gasteiger partial charge in [0.15, 0.2) is 6.61 Å². The van der Waals surface area contributed by atoms with Crippen LogP contribution in [0.15, 0.2) is 22.6 Å². The van der Waals surface area contributed by atoms with E-state index in [0.717, 1.165) is 11.3 Å². The Labute approximate surface area is 110 Å². The van der Waals surface area contributed by atoms with Gasteiger partial charge < -0.3 is 14.5 Å². The van der Waals surface area contributed by atoms with Crippen molar-refractivity contribution in [2.24, 2.45) is 0 Å². The highest BCUT2D eigenvalue weighted by Gasteiger charge is 2.07. The summed E-state index contributed by atoms with van der Waals surface area (Å²) in [5.74, 6) is 1.74. The second-order valence-corrected chi connectivity index (χ2v) is 4.22. The van der Waals surface area contributed by atoms with Crippen molar-refractivity contribution in [2.75, 3.05) is 7.05 Å². The minimum Gasteiger partial charge on any atom is -0.483 e. The fraction of sp³-hybridized carbons (Fsp3) is 0.333. The van der Waals surface area contributed by atoms with E-state index < -0.39 is 0 Å². The molecule has 0 bridgehead atoms. The molecule has 0 radical (unpaired) electrons. The van der Waals surface area contributed by atoms with Crippen molar-refractivity contribution >= 4 is 11.6 Å². The molecular formula is C12H14ClN3O2. The first-order valence-corrected chi connectivity index (χ1v) is 5.91. The molecule has 0 saturated carbocycles. The zero-order valence-corrected chi connectivity index (χ0v) is 11.0. The third-order valence-electron chi connectivity index (χ3n) is 2.31. The van der Waals surface area contributed by atoms with Crippen LogP contribution in [-0.2, 0) is 13.2 Å². The number of rotatable bonds is 5. The summed E-state index contributed by atoms with van der Waals surface area (Å²) in [5, 5.41) is 11.4. The quantitative estimate of drug-likeness (QED) is 0.901. The predicted molar refractivity (Wildman–Crippen MR) is 67.6 cm³/mol. The van der Waals surface area contributed by atoms with Gasteiger partial charge in [0.2, 0.25) is 5.89 Å². The maximum absolute atomic E-state index is 5.95. The highest BCUT2D eigenvalue weighted by Crippen LogP contribution is 2.23. The summed E-state index contributed by atoms with van der Waals surface area (Å²) in [7, 11) is 1.87. The lowest BCUT2D eigenvalue weighted by Crippen LogP contribution is -2.07. The Morgan fingerprint density at radius 2 is 2.22 bits per heavy atom. The van der Waals surface area contributed by atoms with Gasteiger partial charge in [-0.15, -0.1) is 10.2 Å². The molecule has 2 aromatic rings. The van der Waals surface area contributed by atoms with Gasteiger partial charge in [0, 0.05) is 24.1 Å². The molecule has 0 atom stereocenters. The summed E-state index contributed by atoms with van der Waals surface area (Å²) < 4.78 is 10.9. The number of hydrogen-bond acceptors (Lipinski definition) is 5. The van der Waals surface area contributed by atoms with Crippen LogP contribution < -0.4 is 10.1 Å². The third-order valence-corrected chi connectivity index (χ3v) is 2.54. The lowest BCUT2D eigenvalue weighted by atomic mass is 10.2. The lowest BCUT2D eigenvalue weighted by molar-refractivity contribution is 0.258. The lowest BCUT2D eigenvalue weighted by Gasteiger charge is -2.10. The van der Waals surface area contributed by atoms with E-state index in [1.807, 2.05) is 19.2 Å². The summed E-state index contributed by atoms with van der Waals surface area (Å²) >= 11 is 5.95. The number of nitrogens with one attached hydrogen (secondary N) is 1. The Balaban J connectivity index is 2.08. The molecule has 0 aliphatic rings.